The van der Waals surface area contributed by atoms with Gasteiger partial charge in [0, 0.05) is 18.4 Å². The molecule has 0 aliphatic carbocycles. The van der Waals surface area contributed by atoms with E-state index in [2.05, 4.69) is 10.3 Å². The minimum absolute atomic E-state index is 0.0340. The number of aromatic nitrogens is 1. The van der Waals surface area contributed by atoms with Gasteiger partial charge in [-0.15, -0.1) is 0 Å². The molecule has 0 spiro atoms. The zero-order chi connectivity index (χ0) is 15.5. The quantitative estimate of drug-likeness (QED) is 0.801. The number of anilines is 1. The van der Waals surface area contributed by atoms with Gasteiger partial charge in [0.15, 0.2) is 5.58 Å². The maximum atomic E-state index is 11.6. The molecule has 1 aromatic heterocycles. The summed E-state index contributed by atoms with van der Waals surface area (Å²) in [5, 5.41) is 2.80. The molecule has 0 atom stereocenters. The number of rotatable bonds is 4. The van der Waals surface area contributed by atoms with E-state index in [0.29, 0.717) is 5.89 Å². The lowest BCUT2D eigenvalue weighted by Gasteiger charge is -2.08. The standard InChI is InChI=1S/C17H16N2O3/c1-11-9-12(7-8-13(11)18-16(20)10-21-2)17-19-14-5-3-4-6-15(14)22-17/h3-9H,10H2,1-2H3,(H,18,20). The van der Waals surface area contributed by atoms with Crippen molar-refractivity contribution >= 4 is 22.7 Å². The highest BCUT2D eigenvalue weighted by Crippen LogP contribution is 2.27. The predicted molar refractivity (Wildman–Crippen MR) is 84.7 cm³/mol. The molecule has 3 rings (SSSR count). The first-order chi connectivity index (χ1) is 10.7. The Morgan fingerprint density at radius 1 is 1.27 bits per heavy atom. The highest BCUT2D eigenvalue weighted by Gasteiger charge is 2.10. The van der Waals surface area contributed by atoms with E-state index < -0.39 is 0 Å². The zero-order valence-corrected chi connectivity index (χ0v) is 12.4. The third-order valence-corrected chi connectivity index (χ3v) is 3.32. The lowest BCUT2D eigenvalue weighted by Crippen LogP contribution is -2.17. The number of para-hydroxylation sites is 2. The maximum Gasteiger partial charge on any atom is 0.250 e. The van der Waals surface area contributed by atoms with Crippen molar-refractivity contribution < 1.29 is 13.9 Å². The lowest BCUT2D eigenvalue weighted by atomic mass is 10.1. The fourth-order valence-corrected chi connectivity index (χ4v) is 2.25. The van der Waals surface area contributed by atoms with Crippen LogP contribution in [0.25, 0.3) is 22.6 Å². The lowest BCUT2D eigenvalue weighted by molar-refractivity contribution is -0.119. The predicted octanol–water partition coefficient (Wildman–Crippen LogP) is 3.39. The fraction of sp³-hybridized carbons (Fsp3) is 0.176. The van der Waals surface area contributed by atoms with Crippen LogP contribution in [0.1, 0.15) is 5.56 Å². The maximum absolute atomic E-state index is 11.6. The third-order valence-electron chi connectivity index (χ3n) is 3.32. The Kier molecular flexibility index (Phi) is 3.89. The molecule has 5 nitrogen and oxygen atoms in total. The van der Waals surface area contributed by atoms with Crippen molar-refractivity contribution in [2.75, 3.05) is 19.0 Å². The molecule has 3 aromatic rings. The summed E-state index contributed by atoms with van der Waals surface area (Å²) < 4.78 is 10.6. The van der Waals surface area contributed by atoms with Crippen molar-refractivity contribution in [1.29, 1.82) is 0 Å². The molecule has 2 aromatic carbocycles. The number of nitrogens with zero attached hydrogens (tertiary/aromatic N) is 1. The second-order valence-corrected chi connectivity index (χ2v) is 5.00. The van der Waals surface area contributed by atoms with Gasteiger partial charge in [-0.3, -0.25) is 4.79 Å². The Bertz CT molecular complexity index is 791. The molecule has 1 heterocycles. The van der Waals surface area contributed by atoms with Crippen LogP contribution in [0.5, 0.6) is 0 Å². The van der Waals surface area contributed by atoms with Gasteiger partial charge in [-0.05, 0) is 42.8 Å². The van der Waals surface area contributed by atoms with Crippen LogP contribution >= 0.6 is 0 Å². The van der Waals surface area contributed by atoms with E-state index in [4.69, 9.17) is 9.15 Å². The topological polar surface area (TPSA) is 64.4 Å². The average Bonchev–Trinajstić information content (AvgIpc) is 2.93. The van der Waals surface area contributed by atoms with Gasteiger partial charge in [0.1, 0.15) is 12.1 Å². The van der Waals surface area contributed by atoms with Crippen LogP contribution in [-0.2, 0) is 9.53 Å². The second kappa shape index (κ2) is 5.99. The number of carbonyl (C=O) groups excluding carboxylic acids is 1. The summed E-state index contributed by atoms with van der Waals surface area (Å²) in [6, 6.07) is 13.3. The highest BCUT2D eigenvalue weighted by atomic mass is 16.5. The van der Waals surface area contributed by atoms with Crippen LogP contribution in [0.4, 0.5) is 5.69 Å². The van der Waals surface area contributed by atoms with E-state index >= 15 is 0 Å². The Morgan fingerprint density at radius 3 is 2.82 bits per heavy atom. The minimum Gasteiger partial charge on any atom is -0.436 e. The monoisotopic (exact) mass is 296 g/mol. The van der Waals surface area contributed by atoms with Gasteiger partial charge in [0.25, 0.3) is 0 Å². The van der Waals surface area contributed by atoms with Gasteiger partial charge < -0.3 is 14.5 Å². The van der Waals surface area contributed by atoms with Crippen molar-refractivity contribution in [3.8, 4) is 11.5 Å². The molecule has 0 unspecified atom stereocenters. The number of amides is 1. The number of carbonyl (C=O) groups is 1. The van der Waals surface area contributed by atoms with Gasteiger partial charge in [-0.25, -0.2) is 4.98 Å². The van der Waals surface area contributed by atoms with Gasteiger partial charge in [0.2, 0.25) is 11.8 Å². The minimum atomic E-state index is -0.180. The summed E-state index contributed by atoms with van der Waals surface area (Å²) in [5.74, 6) is 0.388. The first kappa shape index (κ1) is 14.3. The third kappa shape index (κ3) is 2.84. The summed E-state index contributed by atoms with van der Waals surface area (Å²) in [4.78, 5) is 16.0. The molecule has 22 heavy (non-hydrogen) atoms. The average molecular weight is 296 g/mol. The smallest absolute Gasteiger partial charge is 0.250 e. The van der Waals surface area contributed by atoms with E-state index in [1.54, 1.807) is 0 Å². The molecular weight excluding hydrogens is 280 g/mol. The number of ether oxygens (including phenoxy) is 1. The molecule has 1 N–H and O–H groups in total. The van der Waals surface area contributed by atoms with Crippen molar-refractivity contribution in [3.63, 3.8) is 0 Å². The number of hydrogen-bond acceptors (Lipinski definition) is 4. The number of nitrogens with one attached hydrogen (secondary N) is 1. The van der Waals surface area contributed by atoms with Crippen LogP contribution in [0.3, 0.4) is 0 Å². The molecular formula is C17H16N2O3. The Balaban J connectivity index is 1.89. The number of fused-ring (bicyclic) bond motifs is 1. The first-order valence-electron chi connectivity index (χ1n) is 6.93. The Labute approximate surface area is 127 Å². The SMILES string of the molecule is COCC(=O)Nc1ccc(-c2nc3ccccc3o2)cc1C. The number of hydrogen-bond donors (Lipinski definition) is 1. The van der Waals surface area contributed by atoms with Gasteiger partial charge >= 0.3 is 0 Å². The summed E-state index contributed by atoms with van der Waals surface area (Å²) in [6.07, 6.45) is 0. The molecule has 0 saturated heterocycles. The summed E-state index contributed by atoms with van der Waals surface area (Å²) in [6.45, 7) is 1.96. The number of methoxy groups -OCH3 is 1. The second-order valence-electron chi connectivity index (χ2n) is 5.00. The largest absolute Gasteiger partial charge is 0.436 e. The molecule has 112 valence electrons. The highest BCUT2D eigenvalue weighted by molar-refractivity contribution is 5.92. The van der Waals surface area contributed by atoms with Crippen molar-refractivity contribution in [2.24, 2.45) is 0 Å². The fourth-order valence-electron chi connectivity index (χ4n) is 2.25. The summed E-state index contributed by atoms with van der Waals surface area (Å²) in [5.41, 5.74) is 4.14. The molecule has 0 aliphatic rings. The molecule has 1 amide bonds. The van der Waals surface area contributed by atoms with E-state index in [1.807, 2.05) is 49.4 Å². The number of aryl methyl sites for hydroxylation is 1. The molecule has 0 saturated carbocycles. The van der Waals surface area contributed by atoms with Crippen molar-refractivity contribution in [2.45, 2.75) is 6.92 Å². The van der Waals surface area contributed by atoms with Crippen LogP contribution in [-0.4, -0.2) is 24.6 Å². The van der Waals surface area contributed by atoms with Crippen molar-refractivity contribution in [1.82, 2.24) is 4.98 Å². The first-order valence-corrected chi connectivity index (χ1v) is 6.93. The normalized spacial score (nSPS) is 10.8. The van der Waals surface area contributed by atoms with Crippen molar-refractivity contribution in [3.05, 3.63) is 48.0 Å². The molecule has 0 radical (unpaired) electrons. The van der Waals surface area contributed by atoms with Crippen LogP contribution in [0, 0.1) is 6.92 Å². The van der Waals surface area contributed by atoms with Gasteiger partial charge in [0.05, 0.1) is 0 Å². The van der Waals surface area contributed by atoms with E-state index in [9.17, 15) is 4.79 Å². The molecule has 0 aliphatic heterocycles. The summed E-state index contributed by atoms with van der Waals surface area (Å²) in [7, 11) is 1.49. The van der Waals surface area contributed by atoms with E-state index in [0.717, 1.165) is 27.9 Å². The van der Waals surface area contributed by atoms with Gasteiger partial charge in [-0.1, -0.05) is 12.1 Å². The molecule has 5 heteroatoms. The summed E-state index contributed by atoms with van der Waals surface area (Å²) >= 11 is 0. The Hall–Kier alpha value is -2.66. The van der Waals surface area contributed by atoms with Crippen LogP contribution < -0.4 is 5.32 Å². The molecule has 0 fully saturated rings. The Morgan fingerprint density at radius 2 is 2.09 bits per heavy atom. The zero-order valence-electron chi connectivity index (χ0n) is 12.4. The van der Waals surface area contributed by atoms with Crippen LogP contribution in [0.2, 0.25) is 0 Å². The van der Waals surface area contributed by atoms with E-state index in [-0.39, 0.29) is 12.5 Å². The molecule has 0 bridgehead atoms. The van der Waals surface area contributed by atoms with Gasteiger partial charge in [-0.2, -0.15) is 0 Å². The van der Waals surface area contributed by atoms with E-state index in [1.165, 1.54) is 7.11 Å². The number of benzene rings is 2. The van der Waals surface area contributed by atoms with Crippen LogP contribution in [0.15, 0.2) is 46.9 Å². The number of oxazole rings is 1.